The molecule has 1 fully saturated rings. The van der Waals surface area contributed by atoms with E-state index in [1.54, 1.807) is 18.0 Å². The molecule has 17 heavy (non-hydrogen) atoms. The highest BCUT2D eigenvalue weighted by molar-refractivity contribution is 5.96. The second-order valence-corrected chi connectivity index (χ2v) is 4.94. The molecule has 1 aromatic rings. The third kappa shape index (κ3) is 1.63. The van der Waals surface area contributed by atoms with Gasteiger partial charge in [-0.2, -0.15) is 0 Å². The van der Waals surface area contributed by atoms with Crippen LogP contribution in [-0.4, -0.2) is 37.5 Å². The lowest BCUT2D eigenvalue weighted by molar-refractivity contribution is 0.0784. The number of nitrogens with zero attached hydrogens (tertiary/aromatic N) is 1. The summed E-state index contributed by atoms with van der Waals surface area (Å²) in [5.74, 6) is 0.374. The number of hydrogen-bond donors (Lipinski definition) is 1. The van der Waals surface area contributed by atoms with Gasteiger partial charge in [0.05, 0.1) is 0 Å². The molecule has 1 amide bonds. The Balaban J connectivity index is 2.15. The van der Waals surface area contributed by atoms with E-state index < -0.39 is 0 Å². The summed E-state index contributed by atoms with van der Waals surface area (Å²) in [5, 5.41) is 3.35. The maximum absolute atomic E-state index is 13.3. The zero-order valence-electron chi connectivity index (χ0n) is 9.74. The maximum Gasteiger partial charge on any atom is 0.253 e. The predicted molar refractivity (Wildman–Crippen MR) is 62.5 cm³/mol. The first-order valence-corrected chi connectivity index (χ1v) is 5.92. The van der Waals surface area contributed by atoms with Crippen LogP contribution in [-0.2, 0) is 0 Å². The van der Waals surface area contributed by atoms with Crippen molar-refractivity contribution in [1.82, 2.24) is 10.2 Å². The van der Waals surface area contributed by atoms with E-state index in [4.69, 9.17) is 0 Å². The highest BCUT2D eigenvalue weighted by atomic mass is 19.1. The Labute approximate surface area is 99.6 Å². The van der Waals surface area contributed by atoms with E-state index in [1.165, 1.54) is 12.1 Å². The van der Waals surface area contributed by atoms with Crippen molar-refractivity contribution < 1.29 is 9.18 Å². The predicted octanol–water partition coefficient (Wildman–Crippen LogP) is 1.21. The van der Waals surface area contributed by atoms with Crippen LogP contribution in [0.5, 0.6) is 0 Å². The Morgan fingerprint density at radius 2 is 2.24 bits per heavy atom. The fourth-order valence-electron chi connectivity index (χ4n) is 2.97. The molecule has 1 aromatic carbocycles. The highest BCUT2D eigenvalue weighted by Gasteiger charge is 2.36. The number of nitrogens with one attached hydrogen (secondary N) is 1. The van der Waals surface area contributed by atoms with Crippen LogP contribution in [0.2, 0.25) is 0 Å². The molecule has 4 heteroatoms. The van der Waals surface area contributed by atoms with Crippen molar-refractivity contribution in [3.8, 4) is 0 Å². The molecule has 1 saturated heterocycles. The van der Waals surface area contributed by atoms with Crippen LogP contribution in [0.15, 0.2) is 18.2 Å². The average Bonchev–Trinajstić information content (AvgIpc) is 2.72. The number of benzene rings is 1. The van der Waals surface area contributed by atoms with Crippen molar-refractivity contribution in [2.45, 2.75) is 5.92 Å². The number of carbonyl (C=O) groups excluding carboxylic acids is 1. The minimum Gasteiger partial charge on any atom is -0.341 e. The Morgan fingerprint density at radius 1 is 1.41 bits per heavy atom. The molecule has 0 radical (unpaired) electrons. The topological polar surface area (TPSA) is 32.3 Å². The van der Waals surface area contributed by atoms with Gasteiger partial charge < -0.3 is 10.2 Å². The number of fused-ring (bicyclic) bond motifs is 3. The summed E-state index contributed by atoms with van der Waals surface area (Å²) < 4.78 is 13.3. The highest BCUT2D eigenvalue weighted by Crippen LogP contribution is 2.34. The number of rotatable bonds is 0. The van der Waals surface area contributed by atoms with Crippen LogP contribution < -0.4 is 5.32 Å². The Morgan fingerprint density at radius 3 is 3.06 bits per heavy atom. The third-order valence-electron chi connectivity index (χ3n) is 3.84. The molecule has 2 aliphatic heterocycles. The van der Waals surface area contributed by atoms with Crippen LogP contribution >= 0.6 is 0 Å². The monoisotopic (exact) mass is 234 g/mol. The van der Waals surface area contributed by atoms with Gasteiger partial charge >= 0.3 is 0 Å². The molecule has 3 rings (SSSR count). The number of amides is 1. The average molecular weight is 234 g/mol. The first kappa shape index (κ1) is 10.7. The summed E-state index contributed by atoms with van der Waals surface area (Å²) in [5.41, 5.74) is 1.53. The van der Waals surface area contributed by atoms with Gasteiger partial charge in [-0.15, -0.1) is 0 Å². The van der Waals surface area contributed by atoms with E-state index in [0.29, 0.717) is 17.4 Å². The minimum atomic E-state index is -0.338. The van der Waals surface area contributed by atoms with Crippen molar-refractivity contribution in [3.63, 3.8) is 0 Å². The minimum absolute atomic E-state index is 0.0612. The normalized spacial score (nSPS) is 27.6. The number of carbonyl (C=O) groups is 1. The zero-order chi connectivity index (χ0) is 12.0. The SMILES string of the molecule is CN1C[C@@H]2CNC[C@H]2c2ccc(F)cc2C1=O. The van der Waals surface area contributed by atoms with E-state index in [9.17, 15) is 9.18 Å². The molecule has 90 valence electrons. The molecule has 2 heterocycles. The molecule has 0 unspecified atom stereocenters. The molecular formula is C13H15FN2O. The van der Waals surface area contributed by atoms with Gasteiger partial charge in [0.15, 0.2) is 0 Å². The van der Waals surface area contributed by atoms with Crippen LogP contribution in [0.1, 0.15) is 21.8 Å². The molecule has 0 aliphatic carbocycles. The van der Waals surface area contributed by atoms with Crippen LogP contribution in [0.4, 0.5) is 4.39 Å². The van der Waals surface area contributed by atoms with Gasteiger partial charge in [0.2, 0.25) is 0 Å². The largest absolute Gasteiger partial charge is 0.341 e. The summed E-state index contributed by atoms with van der Waals surface area (Å²) >= 11 is 0. The second-order valence-electron chi connectivity index (χ2n) is 4.94. The van der Waals surface area contributed by atoms with Crippen LogP contribution in [0.3, 0.4) is 0 Å². The van der Waals surface area contributed by atoms with Gasteiger partial charge in [-0.05, 0) is 23.6 Å². The van der Waals surface area contributed by atoms with Gasteiger partial charge in [0.25, 0.3) is 5.91 Å². The van der Waals surface area contributed by atoms with Gasteiger partial charge in [-0.1, -0.05) is 6.07 Å². The Bertz CT molecular complexity index is 474. The third-order valence-corrected chi connectivity index (χ3v) is 3.84. The van der Waals surface area contributed by atoms with E-state index >= 15 is 0 Å². The first-order chi connectivity index (χ1) is 8.16. The summed E-state index contributed by atoms with van der Waals surface area (Å²) in [6.07, 6.45) is 0. The van der Waals surface area contributed by atoms with Crippen LogP contribution in [0.25, 0.3) is 0 Å². The molecule has 2 atom stereocenters. The Hall–Kier alpha value is -1.42. The fraction of sp³-hybridized carbons (Fsp3) is 0.462. The van der Waals surface area contributed by atoms with Gasteiger partial charge in [-0.3, -0.25) is 4.79 Å². The van der Waals surface area contributed by atoms with Gasteiger partial charge in [0, 0.05) is 38.2 Å². The summed E-state index contributed by atoms with van der Waals surface area (Å²) in [4.78, 5) is 13.9. The molecule has 0 saturated carbocycles. The Kier molecular flexibility index (Phi) is 2.40. The molecule has 1 N–H and O–H groups in total. The summed E-state index contributed by atoms with van der Waals surface area (Å²) in [7, 11) is 1.79. The molecule has 2 aliphatic rings. The number of hydrogen-bond acceptors (Lipinski definition) is 2. The van der Waals surface area contributed by atoms with Gasteiger partial charge in [-0.25, -0.2) is 4.39 Å². The standard InChI is InChI=1S/C13H15FN2O/c1-16-7-8-5-15-6-12(8)10-3-2-9(14)4-11(10)13(16)17/h2-4,8,12,15H,5-7H2,1H3/t8-,12+/m0/s1. The van der Waals surface area contributed by atoms with Crippen molar-refractivity contribution >= 4 is 5.91 Å². The molecule has 3 nitrogen and oxygen atoms in total. The van der Waals surface area contributed by atoms with Crippen molar-refractivity contribution in [3.05, 3.63) is 35.1 Å². The zero-order valence-corrected chi connectivity index (χ0v) is 9.74. The quantitative estimate of drug-likeness (QED) is 0.732. The van der Waals surface area contributed by atoms with E-state index in [1.807, 2.05) is 0 Å². The van der Waals surface area contributed by atoms with Crippen LogP contribution in [0, 0.1) is 11.7 Å². The lowest BCUT2D eigenvalue weighted by atomic mass is 9.87. The van der Waals surface area contributed by atoms with Crippen molar-refractivity contribution in [1.29, 1.82) is 0 Å². The smallest absolute Gasteiger partial charge is 0.253 e. The van der Waals surface area contributed by atoms with Crippen molar-refractivity contribution in [2.24, 2.45) is 5.92 Å². The lowest BCUT2D eigenvalue weighted by Crippen LogP contribution is -2.31. The lowest BCUT2D eigenvalue weighted by Gasteiger charge is -2.19. The molecular weight excluding hydrogens is 219 g/mol. The molecule has 0 spiro atoms. The summed E-state index contributed by atoms with van der Waals surface area (Å²) in [6.45, 7) is 2.55. The molecule has 0 aromatic heterocycles. The number of halogens is 1. The maximum atomic E-state index is 13.3. The summed E-state index contributed by atoms with van der Waals surface area (Å²) in [6, 6.07) is 4.59. The first-order valence-electron chi connectivity index (χ1n) is 5.92. The van der Waals surface area contributed by atoms with E-state index in [2.05, 4.69) is 5.32 Å². The molecule has 0 bridgehead atoms. The van der Waals surface area contributed by atoms with E-state index in [-0.39, 0.29) is 11.7 Å². The second kappa shape index (κ2) is 3.81. The fourth-order valence-corrected chi connectivity index (χ4v) is 2.97. The van der Waals surface area contributed by atoms with Crippen molar-refractivity contribution in [2.75, 3.05) is 26.7 Å². The van der Waals surface area contributed by atoms with Gasteiger partial charge in [0.1, 0.15) is 5.82 Å². The van der Waals surface area contributed by atoms with E-state index in [0.717, 1.165) is 25.2 Å².